The average Bonchev–Trinajstić information content (AvgIpc) is 3.48. The molecule has 0 bridgehead atoms. The maximum atomic E-state index is 13.8. The number of para-hydroxylation sites is 1. The van der Waals surface area contributed by atoms with Gasteiger partial charge in [-0.3, -0.25) is 4.79 Å². The van der Waals surface area contributed by atoms with E-state index in [0.29, 0.717) is 0 Å². The maximum absolute atomic E-state index is 13.8. The number of H-pyrrole nitrogens is 1. The largest absolute Gasteiger partial charge is 0.356 e. The van der Waals surface area contributed by atoms with Gasteiger partial charge in [0.2, 0.25) is 0 Å². The molecule has 32 heavy (non-hydrogen) atoms. The molecule has 6 rings (SSSR count). The van der Waals surface area contributed by atoms with E-state index in [4.69, 9.17) is 0 Å². The zero-order valence-electron chi connectivity index (χ0n) is 17.8. The lowest BCUT2D eigenvalue weighted by Gasteiger charge is -2.26. The lowest BCUT2D eigenvalue weighted by atomic mass is 9.97. The number of carbonyl (C=O) groups excluding carboxylic acids is 1. The van der Waals surface area contributed by atoms with Gasteiger partial charge in [-0.05, 0) is 41.3 Å². The van der Waals surface area contributed by atoms with E-state index in [1.165, 1.54) is 16.5 Å². The number of amides is 1. The number of fused-ring (bicyclic) bond motifs is 2. The molecule has 1 amide bonds. The lowest BCUT2D eigenvalue weighted by molar-refractivity contribution is 0.0736. The molecule has 0 aliphatic carbocycles. The fourth-order valence-corrected chi connectivity index (χ4v) is 5.21. The molecule has 1 N–H and O–H groups in total. The molecule has 4 aromatic carbocycles. The van der Waals surface area contributed by atoms with Crippen molar-refractivity contribution in [3.05, 3.63) is 108 Å². The second-order valence-electron chi connectivity index (χ2n) is 8.51. The van der Waals surface area contributed by atoms with E-state index in [9.17, 15) is 4.79 Å². The first-order valence-electron chi connectivity index (χ1n) is 11.3. The third kappa shape index (κ3) is 3.01. The van der Waals surface area contributed by atoms with Crippen molar-refractivity contribution in [3.8, 4) is 11.1 Å². The molecule has 1 fully saturated rings. The highest BCUT2D eigenvalue weighted by Gasteiger charge is 2.34. The van der Waals surface area contributed by atoms with Crippen LogP contribution in [0.25, 0.3) is 32.8 Å². The molecule has 1 saturated heterocycles. The third-order valence-electron chi connectivity index (χ3n) is 6.66. The Balaban J connectivity index is 1.48. The summed E-state index contributed by atoms with van der Waals surface area (Å²) in [5.74, 6) is 0.113. The summed E-state index contributed by atoms with van der Waals surface area (Å²) in [7, 11) is 0. The Bertz CT molecular complexity index is 1430. The van der Waals surface area contributed by atoms with Gasteiger partial charge in [0.25, 0.3) is 5.91 Å². The Morgan fingerprint density at radius 2 is 1.50 bits per heavy atom. The predicted octanol–water partition coefficient (Wildman–Crippen LogP) is 6.97. The first kappa shape index (κ1) is 18.9. The van der Waals surface area contributed by atoms with Crippen LogP contribution in [0.15, 0.2) is 97.1 Å². The summed E-state index contributed by atoms with van der Waals surface area (Å²) in [4.78, 5) is 19.6. The first-order valence-corrected chi connectivity index (χ1v) is 11.3. The lowest BCUT2D eigenvalue weighted by Crippen LogP contribution is -2.31. The van der Waals surface area contributed by atoms with Crippen molar-refractivity contribution in [1.82, 2.24) is 9.88 Å². The molecule has 1 aliphatic heterocycles. The fourth-order valence-electron chi connectivity index (χ4n) is 5.21. The molecule has 1 atom stereocenters. The molecule has 0 saturated carbocycles. The number of benzene rings is 4. The third-order valence-corrected chi connectivity index (χ3v) is 6.66. The number of carbonyl (C=O) groups is 1. The molecular weight excluding hydrogens is 392 g/mol. The van der Waals surface area contributed by atoms with Gasteiger partial charge in [-0.2, -0.15) is 0 Å². The van der Waals surface area contributed by atoms with Gasteiger partial charge >= 0.3 is 0 Å². The number of likely N-dealkylation sites (tertiary alicyclic amines) is 1. The summed E-state index contributed by atoms with van der Waals surface area (Å²) >= 11 is 0. The molecule has 3 nitrogen and oxygen atoms in total. The highest BCUT2D eigenvalue weighted by molar-refractivity contribution is 6.07. The Morgan fingerprint density at radius 3 is 2.38 bits per heavy atom. The van der Waals surface area contributed by atoms with E-state index >= 15 is 0 Å². The topological polar surface area (TPSA) is 36.1 Å². The molecule has 2 heterocycles. The molecule has 3 heteroatoms. The fraction of sp³-hybridized carbons (Fsp3) is 0.138. The monoisotopic (exact) mass is 416 g/mol. The van der Waals surface area contributed by atoms with Gasteiger partial charge < -0.3 is 9.88 Å². The molecule has 5 aromatic rings. The number of rotatable bonds is 3. The van der Waals surface area contributed by atoms with Crippen LogP contribution >= 0.6 is 0 Å². The van der Waals surface area contributed by atoms with Crippen molar-refractivity contribution < 1.29 is 4.79 Å². The van der Waals surface area contributed by atoms with Gasteiger partial charge in [0.1, 0.15) is 0 Å². The molecule has 1 aromatic heterocycles. The molecular formula is C29H24N2O. The number of nitrogens with zero attached hydrogens (tertiary/aromatic N) is 1. The number of aromatic nitrogens is 1. The number of hydrogen-bond donors (Lipinski definition) is 1. The van der Waals surface area contributed by atoms with Crippen molar-refractivity contribution in [3.63, 3.8) is 0 Å². The van der Waals surface area contributed by atoms with Crippen LogP contribution in [-0.2, 0) is 0 Å². The van der Waals surface area contributed by atoms with Crippen molar-refractivity contribution in [2.45, 2.75) is 18.9 Å². The van der Waals surface area contributed by atoms with Gasteiger partial charge in [0.05, 0.1) is 6.04 Å². The van der Waals surface area contributed by atoms with E-state index in [1.807, 2.05) is 36.4 Å². The summed E-state index contributed by atoms with van der Waals surface area (Å²) in [6.45, 7) is 0.774. The average molecular weight is 417 g/mol. The van der Waals surface area contributed by atoms with Crippen molar-refractivity contribution in [1.29, 1.82) is 0 Å². The van der Waals surface area contributed by atoms with Crippen LogP contribution in [0, 0.1) is 0 Å². The molecule has 0 radical (unpaired) electrons. The van der Waals surface area contributed by atoms with Gasteiger partial charge in [-0.15, -0.1) is 0 Å². The van der Waals surface area contributed by atoms with Crippen molar-refractivity contribution in [2.75, 3.05) is 6.54 Å². The van der Waals surface area contributed by atoms with Crippen LogP contribution in [0.1, 0.15) is 34.9 Å². The van der Waals surface area contributed by atoms with Crippen LogP contribution in [-0.4, -0.2) is 22.3 Å². The maximum Gasteiger partial charge on any atom is 0.255 e. The standard InChI is InChI=1S/C29H24N2O/c32-29(23-16-8-13-20-10-4-5-14-22(20)23)31-19-9-18-26(31)28-27(21-11-2-1-3-12-21)24-15-6-7-17-25(24)30-28/h1-8,10-17,26,30H,9,18-19H2. The minimum absolute atomic E-state index is 0.0316. The van der Waals surface area contributed by atoms with Crippen molar-refractivity contribution in [2.24, 2.45) is 0 Å². The summed E-state index contributed by atoms with van der Waals surface area (Å²) in [5.41, 5.74) is 5.44. The zero-order chi connectivity index (χ0) is 21.5. The number of nitrogens with one attached hydrogen (secondary N) is 1. The zero-order valence-corrected chi connectivity index (χ0v) is 17.8. The van der Waals surface area contributed by atoms with E-state index in [2.05, 4.69) is 70.5 Å². The summed E-state index contributed by atoms with van der Waals surface area (Å²) < 4.78 is 0. The first-order chi connectivity index (χ1) is 15.8. The second-order valence-corrected chi connectivity index (χ2v) is 8.51. The molecule has 156 valence electrons. The van der Waals surface area contributed by atoms with E-state index < -0.39 is 0 Å². The Labute approximate surface area is 187 Å². The number of aromatic amines is 1. The summed E-state index contributed by atoms with van der Waals surface area (Å²) in [6, 6.07) is 33.1. The summed E-state index contributed by atoms with van der Waals surface area (Å²) in [6.07, 6.45) is 1.97. The van der Waals surface area contributed by atoms with Crippen LogP contribution in [0.3, 0.4) is 0 Å². The Hall–Kier alpha value is -3.85. The summed E-state index contributed by atoms with van der Waals surface area (Å²) in [5, 5.41) is 3.33. The van der Waals surface area contributed by atoms with Crippen LogP contribution in [0.4, 0.5) is 0 Å². The highest BCUT2D eigenvalue weighted by atomic mass is 16.2. The molecule has 1 aliphatic rings. The molecule has 1 unspecified atom stereocenters. The van der Waals surface area contributed by atoms with E-state index in [1.54, 1.807) is 0 Å². The minimum atomic E-state index is 0.0316. The highest BCUT2D eigenvalue weighted by Crippen LogP contribution is 2.42. The number of hydrogen-bond acceptors (Lipinski definition) is 1. The van der Waals surface area contributed by atoms with Crippen LogP contribution in [0.5, 0.6) is 0 Å². The Kier molecular flexibility index (Phi) is 4.53. The minimum Gasteiger partial charge on any atom is -0.356 e. The van der Waals surface area contributed by atoms with Crippen molar-refractivity contribution >= 4 is 27.6 Å². The van der Waals surface area contributed by atoms with Gasteiger partial charge in [-0.1, -0.05) is 84.9 Å². The van der Waals surface area contributed by atoms with E-state index in [0.717, 1.165) is 46.9 Å². The SMILES string of the molecule is O=C(c1cccc2ccccc12)N1CCCC1c1[nH]c2ccccc2c1-c1ccccc1. The van der Waals surface area contributed by atoms with E-state index in [-0.39, 0.29) is 11.9 Å². The quantitative estimate of drug-likeness (QED) is 0.339. The smallest absolute Gasteiger partial charge is 0.255 e. The second kappa shape index (κ2) is 7.69. The predicted molar refractivity (Wildman–Crippen MR) is 131 cm³/mol. The van der Waals surface area contributed by atoms with Crippen LogP contribution in [0.2, 0.25) is 0 Å². The van der Waals surface area contributed by atoms with Gasteiger partial charge in [0.15, 0.2) is 0 Å². The molecule has 0 spiro atoms. The normalized spacial score (nSPS) is 16.1. The van der Waals surface area contributed by atoms with Gasteiger partial charge in [0, 0.05) is 34.3 Å². The Morgan fingerprint density at radius 1 is 0.781 bits per heavy atom. The van der Waals surface area contributed by atoms with Crippen LogP contribution < -0.4 is 0 Å². The van der Waals surface area contributed by atoms with Gasteiger partial charge in [-0.25, -0.2) is 0 Å².